The highest BCUT2D eigenvalue weighted by Crippen LogP contribution is 2.23. The van der Waals surface area contributed by atoms with Gasteiger partial charge in [-0.05, 0) is 36.4 Å². The first kappa shape index (κ1) is 14.3. The smallest absolute Gasteiger partial charge is 0.231 e. The van der Waals surface area contributed by atoms with Gasteiger partial charge in [-0.15, -0.1) is 0 Å². The monoisotopic (exact) mass is 392 g/mol. The molecule has 19 heavy (non-hydrogen) atoms. The third-order valence-corrected chi connectivity index (χ3v) is 3.20. The molecule has 0 amide bonds. The van der Waals surface area contributed by atoms with Crippen LogP contribution in [0.2, 0.25) is 0 Å². The third kappa shape index (κ3) is 3.91. The summed E-state index contributed by atoms with van der Waals surface area (Å²) in [5, 5.41) is 0. The topological polar surface area (TPSA) is 18.5 Å². The van der Waals surface area contributed by atoms with E-state index in [1.807, 2.05) is 0 Å². The van der Waals surface area contributed by atoms with Crippen molar-refractivity contribution in [2.24, 2.45) is 0 Å². The Morgan fingerprint density at radius 1 is 0.789 bits per heavy atom. The van der Waals surface area contributed by atoms with Crippen molar-refractivity contribution in [3.05, 3.63) is 57.0 Å². The molecular weight excluding hydrogens is 386 g/mol. The number of halogens is 4. The predicted octanol–water partition coefficient (Wildman–Crippen LogP) is 4.91. The van der Waals surface area contributed by atoms with Crippen molar-refractivity contribution >= 4 is 31.9 Å². The fourth-order valence-electron chi connectivity index (χ4n) is 1.34. The molecule has 0 saturated heterocycles. The van der Waals surface area contributed by atoms with Gasteiger partial charge in [0.1, 0.15) is 0 Å². The summed E-state index contributed by atoms with van der Waals surface area (Å²) < 4.78 is 38.2. The second kappa shape index (κ2) is 6.34. The van der Waals surface area contributed by atoms with Gasteiger partial charge in [0.05, 0.1) is 0 Å². The Bertz CT molecular complexity index is 539. The standard InChI is InChI=1S/C13H8Br2F2O2/c14-8-1-3-12(10(16)5-8)18-7-19-13-4-2-9(15)6-11(13)17/h1-6H,7H2. The summed E-state index contributed by atoms with van der Waals surface area (Å²) in [7, 11) is 0. The lowest BCUT2D eigenvalue weighted by atomic mass is 10.3. The van der Waals surface area contributed by atoms with E-state index in [9.17, 15) is 8.78 Å². The van der Waals surface area contributed by atoms with Crippen LogP contribution in [0.4, 0.5) is 8.78 Å². The first-order chi connectivity index (χ1) is 9.06. The Morgan fingerprint density at radius 2 is 1.21 bits per heavy atom. The Hall–Kier alpha value is -1.14. The molecule has 0 N–H and O–H groups in total. The van der Waals surface area contributed by atoms with Gasteiger partial charge in [0.2, 0.25) is 6.79 Å². The van der Waals surface area contributed by atoms with E-state index >= 15 is 0 Å². The minimum Gasteiger partial charge on any atom is -0.454 e. The Balaban J connectivity index is 1.96. The van der Waals surface area contributed by atoms with Crippen LogP contribution < -0.4 is 9.47 Å². The van der Waals surface area contributed by atoms with Crippen molar-refractivity contribution in [3.63, 3.8) is 0 Å². The van der Waals surface area contributed by atoms with E-state index in [-0.39, 0.29) is 18.3 Å². The van der Waals surface area contributed by atoms with Crippen molar-refractivity contribution in [1.29, 1.82) is 0 Å². The van der Waals surface area contributed by atoms with E-state index in [1.54, 1.807) is 12.1 Å². The molecule has 6 heteroatoms. The normalized spacial score (nSPS) is 10.3. The zero-order valence-corrected chi connectivity index (χ0v) is 12.7. The van der Waals surface area contributed by atoms with Gasteiger partial charge in [-0.1, -0.05) is 31.9 Å². The molecule has 100 valence electrons. The van der Waals surface area contributed by atoms with Crippen LogP contribution in [-0.2, 0) is 0 Å². The maximum atomic E-state index is 13.4. The van der Waals surface area contributed by atoms with Gasteiger partial charge >= 0.3 is 0 Å². The van der Waals surface area contributed by atoms with Crippen LogP contribution in [0, 0.1) is 11.6 Å². The van der Waals surface area contributed by atoms with E-state index < -0.39 is 11.6 Å². The van der Waals surface area contributed by atoms with Crippen molar-refractivity contribution in [2.75, 3.05) is 6.79 Å². The summed E-state index contributed by atoms with van der Waals surface area (Å²) >= 11 is 6.27. The average Bonchev–Trinajstić information content (AvgIpc) is 2.34. The Kier molecular flexibility index (Phi) is 4.76. The summed E-state index contributed by atoms with van der Waals surface area (Å²) in [6.45, 7) is -0.281. The van der Waals surface area contributed by atoms with E-state index in [0.29, 0.717) is 8.95 Å². The highest BCUT2D eigenvalue weighted by molar-refractivity contribution is 9.10. The van der Waals surface area contributed by atoms with Crippen molar-refractivity contribution in [1.82, 2.24) is 0 Å². The molecule has 0 aliphatic heterocycles. The fourth-order valence-corrected chi connectivity index (χ4v) is 2.01. The van der Waals surface area contributed by atoms with Crippen LogP contribution in [0.3, 0.4) is 0 Å². The highest BCUT2D eigenvalue weighted by Gasteiger charge is 2.06. The fraction of sp³-hybridized carbons (Fsp3) is 0.0769. The molecule has 0 fully saturated rings. The highest BCUT2D eigenvalue weighted by atomic mass is 79.9. The maximum absolute atomic E-state index is 13.4. The van der Waals surface area contributed by atoms with E-state index in [1.165, 1.54) is 24.3 Å². The molecule has 2 nitrogen and oxygen atoms in total. The molecule has 2 aromatic carbocycles. The van der Waals surface area contributed by atoms with E-state index in [0.717, 1.165) is 0 Å². The van der Waals surface area contributed by atoms with Gasteiger partial charge in [-0.2, -0.15) is 0 Å². The molecule has 0 atom stereocenters. The third-order valence-electron chi connectivity index (χ3n) is 2.22. The summed E-state index contributed by atoms with van der Waals surface area (Å²) in [5.41, 5.74) is 0. The molecule has 0 unspecified atom stereocenters. The van der Waals surface area contributed by atoms with E-state index in [2.05, 4.69) is 31.9 Å². The number of benzene rings is 2. The molecule has 0 aliphatic carbocycles. The van der Waals surface area contributed by atoms with Crippen LogP contribution in [0.5, 0.6) is 11.5 Å². The van der Waals surface area contributed by atoms with Crippen LogP contribution in [0.15, 0.2) is 45.3 Å². The lowest BCUT2D eigenvalue weighted by Gasteiger charge is -2.10. The number of ether oxygens (including phenoxy) is 2. The van der Waals surface area contributed by atoms with Crippen LogP contribution >= 0.6 is 31.9 Å². The summed E-state index contributed by atoms with van der Waals surface area (Å²) in [6.07, 6.45) is 0. The number of hydrogen-bond donors (Lipinski definition) is 0. The molecule has 0 aliphatic rings. The average molecular weight is 394 g/mol. The zero-order valence-electron chi connectivity index (χ0n) is 9.50. The molecule has 2 aromatic rings. The summed E-state index contributed by atoms with van der Waals surface area (Å²) in [6, 6.07) is 8.74. The van der Waals surface area contributed by atoms with E-state index in [4.69, 9.17) is 9.47 Å². The quantitative estimate of drug-likeness (QED) is 0.687. The molecule has 0 radical (unpaired) electrons. The minimum atomic E-state index is -0.519. The molecule has 0 spiro atoms. The first-order valence-electron chi connectivity index (χ1n) is 5.22. The van der Waals surface area contributed by atoms with Gasteiger partial charge in [-0.25, -0.2) is 8.78 Å². The lowest BCUT2D eigenvalue weighted by molar-refractivity contribution is 0.111. The predicted molar refractivity (Wildman–Crippen MR) is 74.3 cm³/mol. The van der Waals surface area contributed by atoms with Crippen molar-refractivity contribution in [3.8, 4) is 11.5 Å². The van der Waals surface area contributed by atoms with Crippen LogP contribution in [0.1, 0.15) is 0 Å². The molecule has 2 rings (SSSR count). The molecule has 0 aromatic heterocycles. The Labute approximate surface area is 125 Å². The Morgan fingerprint density at radius 3 is 1.58 bits per heavy atom. The SMILES string of the molecule is Fc1cc(Br)ccc1OCOc1ccc(Br)cc1F. The second-order valence-corrected chi connectivity index (χ2v) is 5.39. The largest absolute Gasteiger partial charge is 0.454 e. The van der Waals surface area contributed by atoms with Crippen LogP contribution in [-0.4, -0.2) is 6.79 Å². The zero-order chi connectivity index (χ0) is 13.8. The number of rotatable bonds is 4. The molecule has 0 bridgehead atoms. The van der Waals surface area contributed by atoms with Gasteiger partial charge in [0.25, 0.3) is 0 Å². The molecule has 0 heterocycles. The minimum absolute atomic E-state index is 0.0423. The van der Waals surface area contributed by atoms with Gasteiger partial charge in [0.15, 0.2) is 23.1 Å². The van der Waals surface area contributed by atoms with Gasteiger partial charge in [-0.3, -0.25) is 0 Å². The first-order valence-corrected chi connectivity index (χ1v) is 6.80. The van der Waals surface area contributed by atoms with Gasteiger partial charge in [0, 0.05) is 8.95 Å². The maximum Gasteiger partial charge on any atom is 0.231 e. The summed E-state index contributed by atoms with van der Waals surface area (Å²) in [4.78, 5) is 0. The number of hydrogen-bond acceptors (Lipinski definition) is 2. The van der Waals surface area contributed by atoms with Crippen molar-refractivity contribution in [2.45, 2.75) is 0 Å². The van der Waals surface area contributed by atoms with Crippen LogP contribution in [0.25, 0.3) is 0 Å². The second-order valence-electron chi connectivity index (χ2n) is 3.56. The lowest BCUT2D eigenvalue weighted by Crippen LogP contribution is -2.07. The summed E-state index contributed by atoms with van der Waals surface area (Å²) in [5.74, 6) is -0.954. The molecular formula is C13H8Br2F2O2. The molecule has 0 saturated carbocycles. The van der Waals surface area contributed by atoms with Crippen molar-refractivity contribution < 1.29 is 18.3 Å². The van der Waals surface area contributed by atoms with Gasteiger partial charge < -0.3 is 9.47 Å².